The highest BCUT2D eigenvalue weighted by molar-refractivity contribution is 5.90. The van der Waals surface area contributed by atoms with E-state index in [9.17, 15) is 9.59 Å². The van der Waals surface area contributed by atoms with Crippen LogP contribution in [0.15, 0.2) is 0 Å². The summed E-state index contributed by atoms with van der Waals surface area (Å²) in [5, 5.41) is 0. The van der Waals surface area contributed by atoms with Gasteiger partial charge in [-0.15, -0.1) is 0 Å². The van der Waals surface area contributed by atoms with Crippen LogP contribution >= 0.6 is 0 Å². The number of nitrogens with zero attached hydrogens (tertiary/aromatic N) is 1. The van der Waals surface area contributed by atoms with Crippen molar-refractivity contribution in [3.05, 3.63) is 22.5 Å². The third-order valence-electron chi connectivity index (χ3n) is 4.67. The van der Waals surface area contributed by atoms with Gasteiger partial charge in [-0.1, -0.05) is 13.8 Å². The first-order valence-corrected chi connectivity index (χ1v) is 9.10. The summed E-state index contributed by atoms with van der Waals surface area (Å²) in [6.45, 7) is 11.6. The number of carbonyl (C=O) groups is 2. The Hall–Kier alpha value is -1.82. The molecule has 1 aliphatic heterocycles. The van der Waals surface area contributed by atoms with Crippen molar-refractivity contribution in [3.63, 3.8) is 0 Å². The second-order valence-electron chi connectivity index (χ2n) is 6.96. The maximum Gasteiger partial charge on any atom is 0.355 e. The molecule has 0 aliphatic carbocycles. The summed E-state index contributed by atoms with van der Waals surface area (Å²) in [6.07, 6.45) is 2.14. The van der Waals surface area contributed by atoms with Crippen molar-refractivity contribution >= 4 is 11.9 Å². The molecule has 2 rings (SSSR count). The van der Waals surface area contributed by atoms with E-state index in [1.54, 1.807) is 6.92 Å². The zero-order valence-corrected chi connectivity index (χ0v) is 16.0. The number of hydrogen-bond donors (Lipinski definition) is 1. The van der Waals surface area contributed by atoms with Crippen molar-refractivity contribution in [2.45, 2.75) is 60.1 Å². The molecule has 0 aromatic carbocycles. The number of H-pyrrole nitrogens is 1. The van der Waals surface area contributed by atoms with E-state index >= 15 is 0 Å². The standard InChI is InChI=1S/C19H30N2O4/c1-6-24-19(23)17-13(4)16(14(5)20-17)11-21(18(22)12(2)3)10-15-8-7-9-25-15/h12,15,20H,6-11H2,1-5H3. The van der Waals surface area contributed by atoms with Gasteiger partial charge in [0.15, 0.2) is 0 Å². The molecule has 6 heteroatoms. The average Bonchev–Trinajstić information content (AvgIpc) is 3.16. The van der Waals surface area contributed by atoms with Crippen molar-refractivity contribution in [2.24, 2.45) is 5.92 Å². The van der Waals surface area contributed by atoms with Crippen molar-refractivity contribution in [2.75, 3.05) is 19.8 Å². The fraction of sp³-hybridized carbons (Fsp3) is 0.684. The van der Waals surface area contributed by atoms with Gasteiger partial charge in [0.1, 0.15) is 5.69 Å². The molecule has 25 heavy (non-hydrogen) atoms. The minimum absolute atomic E-state index is 0.0783. The smallest absolute Gasteiger partial charge is 0.355 e. The van der Waals surface area contributed by atoms with Crippen molar-refractivity contribution in [3.8, 4) is 0 Å². The van der Waals surface area contributed by atoms with Crippen LogP contribution in [0.1, 0.15) is 60.9 Å². The highest BCUT2D eigenvalue weighted by Gasteiger charge is 2.27. The fourth-order valence-corrected chi connectivity index (χ4v) is 3.26. The highest BCUT2D eigenvalue weighted by atomic mass is 16.5. The lowest BCUT2D eigenvalue weighted by atomic mass is 10.1. The molecular formula is C19H30N2O4. The summed E-state index contributed by atoms with van der Waals surface area (Å²) < 4.78 is 10.8. The normalized spacial score (nSPS) is 17.1. The molecule has 1 fully saturated rings. The van der Waals surface area contributed by atoms with Crippen LogP contribution in [0.5, 0.6) is 0 Å². The SMILES string of the molecule is CCOC(=O)c1[nH]c(C)c(CN(CC2CCCO2)C(=O)C(C)C)c1C. The summed E-state index contributed by atoms with van der Waals surface area (Å²) in [5.41, 5.74) is 3.21. The Labute approximate surface area is 149 Å². The summed E-state index contributed by atoms with van der Waals surface area (Å²) in [6, 6.07) is 0. The molecule has 0 radical (unpaired) electrons. The average molecular weight is 350 g/mol. The van der Waals surface area contributed by atoms with Gasteiger partial charge in [-0.05, 0) is 44.7 Å². The second-order valence-corrected chi connectivity index (χ2v) is 6.96. The zero-order valence-electron chi connectivity index (χ0n) is 16.0. The molecule has 1 amide bonds. The molecule has 140 valence electrons. The number of hydrogen-bond acceptors (Lipinski definition) is 4. The molecule has 1 aliphatic rings. The Morgan fingerprint density at radius 3 is 2.64 bits per heavy atom. The van der Waals surface area contributed by atoms with E-state index in [1.807, 2.05) is 32.6 Å². The number of amides is 1. The van der Waals surface area contributed by atoms with E-state index in [1.165, 1.54) is 0 Å². The van der Waals surface area contributed by atoms with E-state index < -0.39 is 0 Å². The lowest BCUT2D eigenvalue weighted by molar-refractivity contribution is -0.136. The van der Waals surface area contributed by atoms with Gasteiger partial charge in [0.25, 0.3) is 0 Å². The monoisotopic (exact) mass is 350 g/mol. The first kappa shape index (κ1) is 19.5. The second kappa shape index (κ2) is 8.52. The van der Waals surface area contributed by atoms with Gasteiger partial charge < -0.3 is 19.4 Å². The van der Waals surface area contributed by atoms with E-state index in [2.05, 4.69) is 4.98 Å². The number of esters is 1. The number of rotatable bonds is 7. The number of ether oxygens (including phenoxy) is 2. The first-order valence-electron chi connectivity index (χ1n) is 9.10. The molecule has 1 N–H and O–H groups in total. The van der Waals surface area contributed by atoms with Gasteiger partial charge in [0.05, 0.1) is 12.7 Å². The lowest BCUT2D eigenvalue weighted by Crippen LogP contribution is -2.39. The van der Waals surface area contributed by atoms with Crippen LogP contribution in [0.3, 0.4) is 0 Å². The summed E-state index contributed by atoms with van der Waals surface area (Å²) in [5.74, 6) is -0.325. The van der Waals surface area contributed by atoms with Crippen molar-refractivity contribution < 1.29 is 19.1 Å². The predicted molar refractivity (Wildman–Crippen MR) is 95.5 cm³/mol. The van der Waals surface area contributed by atoms with Gasteiger partial charge in [-0.2, -0.15) is 0 Å². The maximum atomic E-state index is 12.7. The zero-order chi connectivity index (χ0) is 18.6. The van der Waals surface area contributed by atoms with Gasteiger partial charge in [-0.25, -0.2) is 4.79 Å². The van der Waals surface area contributed by atoms with Crippen LogP contribution in [-0.4, -0.2) is 47.6 Å². The van der Waals surface area contributed by atoms with Crippen LogP contribution in [0.25, 0.3) is 0 Å². The maximum absolute atomic E-state index is 12.7. The molecule has 1 unspecified atom stereocenters. The van der Waals surface area contributed by atoms with E-state index in [0.717, 1.165) is 36.3 Å². The van der Waals surface area contributed by atoms with Crippen LogP contribution < -0.4 is 0 Å². The van der Waals surface area contributed by atoms with E-state index in [4.69, 9.17) is 9.47 Å². The van der Waals surface area contributed by atoms with E-state index in [0.29, 0.717) is 25.4 Å². The number of carbonyl (C=O) groups excluding carboxylic acids is 2. The minimum atomic E-state index is -0.352. The Morgan fingerprint density at radius 2 is 2.08 bits per heavy atom. The fourth-order valence-electron chi connectivity index (χ4n) is 3.26. The quantitative estimate of drug-likeness (QED) is 0.768. The highest BCUT2D eigenvalue weighted by Crippen LogP contribution is 2.23. The first-order chi connectivity index (χ1) is 11.8. The van der Waals surface area contributed by atoms with Gasteiger partial charge in [-0.3, -0.25) is 4.79 Å². The van der Waals surface area contributed by atoms with Gasteiger partial charge >= 0.3 is 5.97 Å². The Morgan fingerprint density at radius 1 is 1.36 bits per heavy atom. The number of nitrogens with one attached hydrogen (secondary N) is 1. The largest absolute Gasteiger partial charge is 0.461 e. The molecule has 1 atom stereocenters. The summed E-state index contributed by atoms with van der Waals surface area (Å²) in [7, 11) is 0. The summed E-state index contributed by atoms with van der Waals surface area (Å²) >= 11 is 0. The van der Waals surface area contributed by atoms with Crippen LogP contribution in [0.4, 0.5) is 0 Å². The Kier molecular flexibility index (Phi) is 6.64. The predicted octanol–water partition coefficient (Wildman–Crippen LogP) is 2.97. The molecule has 0 saturated carbocycles. The topological polar surface area (TPSA) is 71.6 Å². The molecular weight excluding hydrogens is 320 g/mol. The van der Waals surface area contributed by atoms with Gasteiger partial charge in [0.2, 0.25) is 5.91 Å². The third-order valence-corrected chi connectivity index (χ3v) is 4.67. The Bertz CT molecular complexity index is 615. The summed E-state index contributed by atoms with van der Waals surface area (Å²) in [4.78, 5) is 29.7. The number of aryl methyl sites for hydroxylation is 1. The molecule has 0 bridgehead atoms. The molecule has 1 aromatic heterocycles. The van der Waals surface area contributed by atoms with Crippen molar-refractivity contribution in [1.82, 2.24) is 9.88 Å². The molecule has 1 aromatic rings. The number of aromatic nitrogens is 1. The van der Waals surface area contributed by atoms with Crippen LogP contribution in [-0.2, 0) is 20.8 Å². The molecule has 0 spiro atoms. The third kappa shape index (κ3) is 4.63. The molecule has 2 heterocycles. The molecule has 6 nitrogen and oxygen atoms in total. The van der Waals surface area contributed by atoms with Gasteiger partial charge in [0, 0.05) is 31.3 Å². The lowest BCUT2D eigenvalue weighted by Gasteiger charge is -2.27. The van der Waals surface area contributed by atoms with Crippen LogP contribution in [0, 0.1) is 19.8 Å². The van der Waals surface area contributed by atoms with Crippen molar-refractivity contribution in [1.29, 1.82) is 0 Å². The number of aromatic amines is 1. The minimum Gasteiger partial charge on any atom is -0.461 e. The van der Waals surface area contributed by atoms with E-state index in [-0.39, 0.29) is 23.9 Å². The molecule has 1 saturated heterocycles. The van der Waals surface area contributed by atoms with Crippen LogP contribution in [0.2, 0.25) is 0 Å². The Balaban J connectivity index is 2.22.